The molecule has 0 aliphatic carbocycles. The zero-order chi connectivity index (χ0) is 22.8. The van der Waals surface area contributed by atoms with Crippen LogP contribution in [0.1, 0.15) is 25.2 Å². The minimum atomic E-state index is -0.380. The third-order valence-corrected chi connectivity index (χ3v) is 4.10. The van der Waals surface area contributed by atoms with Gasteiger partial charge in [-0.05, 0) is 38.1 Å². The molecule has 0 saturated heterocycles. The van der Waals surface area contributed by atoms with Crippen molar-refractivity contribution in [1.29, 1.82) is 0 Å². The normalized spacial score (nSPS) is 9.53. The number of carbonyl (C=O) groups excluding carboxylic acids is 2. The fourth-order valence-electron chi connectivity index (χ4n) is 2.13. The molecule has 3 rings (SSSR count). The molecule has 2 aromatic carbocycles. The Morgan fingerprint density at radius 2 is 1.30 bits per heavy atom. The molecular formula is C22H28N4O4. The summed E-state index contributed by atoms with van der Waals surface area (Å²) in [7, 11) is 3.21. The summed E-state index contributed by atoms with van der Waals surface area (Å²) in [4.78, 5) is 28.5. The summed E-state index contributed by atoms with van der Waals surface area (Å²) in [5, 5.41) is 0. The summed E-state index contributed by atoms with van der Waals surface area (Å²) in [6, 6.07) is 11.1. The summed E-state index contributed by atoms with van der Waals surface area (Å²) in [6.45, 7) is 6.42. The molecule has 160 valence electrons. The predicted octanol–water partition coefficient (Wildman–Crippen LogP) is 3.28. The molecular weight excluding hydrogens is 384 g/mol. The number of hydrogen-bond donors (Lipinski definition) is 2. The molecule has 0 saturated carbocycles. The highest BCUT2D eigenvalue weighted by Crippen LogP contribution is 2.26. The number of aryl methyl sites for hydroxylation is 2. The summed E-state index contributed by atoms with van der Waals surface area (Å²) in [5.74, 6) is 0.642. The lowest BCUT2D eigenvalue weighted by molar-refractivity contribution is -0.134. The maximum atomic E-state index is 9.79. The van der Waals surface area contributed by atoms with E-state index in [-0.39, 0.29) is 11.6 Å². The highest BCUT2D eigenvalue weighted by molar-refractivity contribution is 6.35. The molecule has 1 heterocycles. The third-order valence-electron chi connectivity index (χ3n) is 4.10. The molecule has 0 aliphatic rings. The van der Waals surface area contributed by atoms with Crippen LogP contribution in [0.5, 0.6) is 11.5 Å². The zero-order valence-corrected chi connectivity index (χ0v) is 18.1. The van der Waals surface area contributed by atoms with Gasteiger partial charge in [-0.3, -0.25) is 9.59 Å². The van der Waals surface area contributed by atoms with Crippen LogP contribution in [0.3, 0.4) is 0 Å². The molecule has 0 radical (unpaired) electrons. The molecule has 30 heavy (non-hydrogen) atoms. The number of carbonyl (C=O) groups is 2. The standard InChI is InChI=1S/C11H12N2O.C7H10N2O.C4H6O2/c1-7-8(2)13-11-9(12-7)5-4-6-10(11)14-3;1-10-6-4-2-3-5(8)7(6)9;1-3(5)4(2)6/h4-6H,1-3H3;2-4H,8-9H2,1H3;1-2H3. The van der Waals surface area contributed by atoms with E-state index in [1.54, 1.807) is 32.4 Å². The Morgan fingerprint density at radius 3 is 1.80 bits per heavy atom. The van der Waals surface area contributed by atoms with Crippen LogP contribution >= 0.6 is 0 Å². The fourth-order valence-corrected chi connectivity index (χ4v) is 2.13. The molecule has 0 spiro atoms. The van der Waals surface area contributed by atoms with Crippen LogP contribution in [-0.4, -0.2) is 35.8 Å². The number of hydrogen-bond acceptors (Lipinski definition) is 8. The van der Waals surface area contributed by atoms with Crippen LogP contribution < -0.4 is 20.9 Å². The van der Waals surface area contributed by atoms with Gasteiger partial charge in [0.05, 0.1) is 42.5 Å². The minimum Gasteiger partial charge on any atom is -0.495 e. The number of para-hydroxylation sites is 2. The second-order valence-corrected chi connectivity index (χ2v) is 6.30. The van der Waals surface area contributed by atoms with Crippen molar-refractivity contribution in [3.63, 3.8) is 0 Å². The number of nitrogen functional groups attached to an aromatic ring is 2. The van der Waals surface area contributed by atoms with Crippen LogP contribution in [0.2, 0.25) is 0 Å². The highest BCUT2D eigenvalue weighted by atomic mass is 16.5. The Bertz CT molecular complexity index is 1020. The first-order chi connectivity index (χ1) is 14.1. The lowest BCUT2D eigenvalue weighted by Crippen LogP contribution is -2.01. The van der Waals surface area contributed by atoms with Crippen molar-refractivity contribution in [2.24, 2.45) is 0 Å². The Kier molecular flexibility index (Phi) is 9.22. The van der Waals surface area contributed by atoms with Gasteiger partial charge in [-0.25, -0.2) is 9.97 Å². The van der Waals surface area contributed by atoms with Crippen LogP contribution in [0, 0.1) is 13.8 Å². The van der Waals surface area contributed by atoms with E-state index >= 15 is 0 Å². The molecule has 0 bridgehead atoms. The van der Waals surface area contributed by atoms with Crippen molar-refractivity contribution in [3.05, 3.63) is 47.8 Å². The third kappa shape index (κ3) is 6.73. The smallest absolute Gasteiger partial charge is 0.195 e. The van der Waals surface area contributed by atoms with Gasteiger partial charge in [-0.15, -0.1) is 0 Å². The molecule has 0 unspecified atom stereocenters. The minimum absolute atomic E-state index is 0.380. The van der Waals surface area contributed by atoms with E-state index in [1.165, 1.54) is 13.8 Å². The number of anilines is 2. The number of methoxy groups -OCH3 is 2. The van der Waals surface area contributed by atoms with E-state index in [1.807, 2.05) is 32.0 Å². The van der Waals surface area contributed by atoms with Crippen molar-refractivity contribution < 1.29 is 19.1 Å². The van der Waals surface area contributed by atoms with Crippen LogP contribution in [-0.2, 0) is 9.59 Å². The Labute approximate surface area is 176 Å². The van der Waals surface area contributed by atoms with Crippen molar-refractivity contribution in [3.8, 4) is 11.5 Å². The molecule has 0 aliphatic heterocycles. The first kappa shape index (κ1) is 24.4. The van der Waals surface area contributed by atoms with E-state index in [9.17, 15) is 9.59 Å². The van der Waals surface area contributed by atoms with Gasteiger partial charge >= 0.3 is 0 Å². The first-order valence-electron chi connectivity index (χ1n) is 9.09. The van der Waals surface area contributed by atoms with Gasteiger partial charge in [0.2, 0.25) is 0 Å². The van der Waals surface area contributed by atoms with Gasteiger partial charge in [-0.2, -0.15) is 0 Å². The molecule has 1 aromatic heterocycles. The monoisotopic (exact) mass is 412 g/mol. The number of ketones is 2. The van der Waals surface area contributed by atoms with E-state index in [0.717, 1.165) is 28.2 Å². The van der Waals surface area contributed by atoms with Crippen LogP contribution in [0.4, 0.5) is 11.4 Å². The lowest BCUT2D eigenvalue weighted by atomic mass is 10.2. The number of aromatic nitrogens is 2. The van der Waals surface area contributed by atoms with Gasteiger partial charge in [0.25, 0.3) is 0 Å². The quantitative estimate of drug-likeness (QED) is 0.495. The molecule has 0 atom stereocenters. The summed E-state index contributed by atoms with van der Waals surface area (Å²) in [5.41, 5.74) is 15.7. The van der Waals surface area contributed by atoms with Gasteiger partial charge in [0.15, 0.2) is 11.6 Å². The first-order valence-corrected chi connectivity index (χ1v) is 9.09. The molecule has 4 N–H and O–H groups in total. The van der Waals surface area contributed by atoms with Gasteiger partial charge in [-0.1, -0.05) is 12.1 Å². The summed E-state index contributed by atoms with van der Waals surface area (Å²) in [6.07, 6.45) is 0. The highest BCUT2D eigenvalue weighted by Gasteiger charge is 2.05. The van der Waals surface area contributed by atoms with E-state index in [2.05, 4.69) is 9.97 Å². The average molecular weight is 412 g/mol. The second-order valence-electron chi connectivity index (χ2n) is 6.30. The molecule has 0 fully saturated rings. The Hall–Kier alpha value is -3.68. The molecule has 0 amide bonds. The van der Waals surface area contributed by atoms with Crippen molar-refractivity contribution in [2.45, 2.75) is 27.7 Å². The second kappa shape index (κ2) is 11.4. The maximum absolute atomic E-state index is 9.79. The van der Waals surface area contributed by atoms with E-state index < -0.39 is 0 Å². The van der Waals surface area contributed by atoms with Crippen molar-refractivity contribution >= 4 is 34.0 Å². The fraction of sp³-hybridized carbons (Fsp3) is 0.273. The Balaban J connectivity index is 0.000000247. The van der Waals surface area contributed by atoms with Crippen LogP contribution in [0.25, 0.3) is 11.0 Å². The average Bonchev–Trinajstić information content (AvgIpc) is 2.71. The largest absolute Gasteiger partial charge is 0.495 e. The van der Waals surface area contributed by atoms with Crippen LogP contribution in [0.15, 0.2) is 36.4 Å². The summed E-state index contributed by atoms with van der Waals surface area (Å²) >= 11 is 0. The van der Waals surface area contributed by atoms with Gasteiger partial charge < -0.3 is 20.9 Å². The van der Waals surface area contributed by atoms with Crippen molar-refractivity contribution in [1.82, 2.24) is 9.97 Å². The number of rotatable bonds is 3. The number of fused-ring (bicyclic) bond motifs is 1. The predicted molar refractivity (Wildman–Crippen MR) is 119 cm³/mol. The Morgan fingerprint density at radius 1 is 0.800 bits per heavy atom. The topological polar surface area (TPSA) is 130 Å². The van der Waals surface area contributed by atoms with E-state index in [4.69, 9.17) is 20.9 Å². The number of nitrogens with zero attached hydrogens (tertiary/aromatic N) is 2. The number of ether oxygens (including phenoxy) is 2. The zero-order valence-electron chi connectivity index (χ0n) is 18.1. The number of nitrogens with two attached hydrogens (primary N) is 2. The molecule has 3 aromatic rings. The lowest BCUT2D eigenvalue weighted by Gasteiger charge is -2.05. The van der Waals surface area contributed by atoms with Gasteiger partial charge in [0.1, 0.15) is 17.0 Å². The molecule has 8 nitrogen and oxygen atoms in total. The molecule has 8 heteroatoms. The van der Waals surface area contributed by atoms with Gasteiger partial charge in [0, 0.05) is 13.8 Å². The van der Waals surface area contributed by atoms with Crippen molar-refractivity contribution in [2.75, 3.05) is 25.7 Å². The summed E-state index contributed by atoms with van der Waals surface area (Å²) < 4.78 is 10.1. The maximum Gasteiger partial charge on any atom is 0.195 e. The SMILES string of the molecule is CC(=O)C(C)=O.COc1cccc(N)c1N.COc1cccc2nc(C)c(C)nc12. The number of benzene rings is 2. The number of Topliss-reactive ketones (excluding diaryl/α,β-unsaturated/α-hetero) is 2. The van der Waals surface area contributed by atoms with E-state index in [0.29, 0.717) is 17.1 Å².